The van der Waals surface area contributed by atoms with E-state index in [0.717, 1.165) is 0 Å². The standard InChI is InChI=1S/C19H21ClN2O6/c1-8-15(19(25)27-5)9(2)22-16(8)17(23)10(3)28-18(24)11-6-12(20)13(21)7-14(11)26-4/h6-7,10,22H,21H2,1-5H3/t10-/m1/s1. The lowest BCUT2D eigenvalue weighted by Gasteiger charge is -2.14. The van der Waals surface area contributed by atoms with Crippen LogP contribution < -0.4 is 10.5 Å². The maximum absolute atomic E-state index is 12.7. The number of esters is 2. The van der Waals surface area contributed by atoms with Crippen molar-refractivity contribution in [2.45, 2.75) is 26.9 Å². The van der Waals surface area contributed by atoms with Gasteiger partial charge in [0.1, 0.15) is 11.3 Å². The number of ether oxygens (including phenoxy) is 3. The first-order chi connectivity index (χ1) is 13.1. The van der Waals surface area contributed by atoms with Crippen LogP contribution in [0.25, 0.3) is 0 Å². The summed E-state index contributed by atoms with van der Waals surface area (Å²) in [5.74, 6) is -1.68. The topological polar surface area (TPSA) is 121 Å². The zero-order valence-electron chi connectivity index (χ0n) is 16.1. The van der Waals surface area contributed by atoms with Crippen LogP contribution >= 0.6 is 11.6 Å². The summed E-state index contributed by atoms with van der Waals surface area (Å²) in [6.45, 7) is 4.69. The number of carbonyl (C=O) groups is 3. The Kier molecular flexibility index (Phi) is 6.35. The Balaban J connectivity index is 2.27. The molecular formula is C19H21ClN2O6. The molecule has 1 atom stereocenters. The highest BCUT2D eigenvalue weighted by atomic mass is 35.5. The van der Waals surface area contributed by atoms with E-state index in [1.807, 2.05) is 0 Å². The molecule has 0 spiro atoms. The number of hydrogen-bond acceptors (Lipinski definition) is 7. The third-order valence-corrected chi connectivity index (χ3v) is 4.59. The van der Waals surface area contributed by atoms with E-state index >= 15 is 0 Å². The average Bonchev–Trinajstić information content (AvgIpc) is 2.96. The molecule has 28 heavy (non-hydrogen) atoms. The van der Waals surface area contributed by atoms with Crippen molar-refractivity contribution in [2.24, 2.45) is 0 Å². The number of H-pyrrole nitrogens is 1. The van der Waals surface area contributed by atoms with Gasteiger partial charge in [0.25, 0.3) is 0 Å². The van der Waals surface area contributed by atoms with Gasteiger partial charge in [-0.25, -0.2) is 9.59 Å². The summed E-state index contributed by atoms with van der Waals surface area (Å²) < 4.78 is 15.1. The van der Waals surface area contributed by atoms with Crippen LogP contribution in [0.2, 0.25) is 5.02 Å². The molecule has 0 radical (unpaired) electrons. The zero-order chi connectivity index (χ0) is 21.2. The number of aromatic amines is 1. The second kappa shape index (κ2) is 8.35. The molecule has 0 aliphatic carbocycles. The molecule has 8 nitrogen and oxygen atoms in total. The summed E-state index contributed by atoms with van der Waals surface area (Å²) in [5.41, 5.74) is 7.33. The van der Waals surface area contributed by atoms with Gasteiger partial charge in [-0.3, -0.25) is 4.79 Å². The quantitative estimate of drug-likeness (QED) is 0.428. The van der Waals surface area contributed by atoms with Gasteiger partial charge in [-0.1, -0.05) is 11.6 Å². The number of hydrogen-bond donors (Lipinski definition) is 2. The van der Waals surface area contributed by atoms with Gasteiger partial charge in [0.05, 0.1) is 36.2 Å². The number of aryl methyl sites for hydroxylation is 1. The number of nitrogens with one attached hydrogen (secondary N) is 1. The zero-order valence-corrected chi connectivity index (χ0v) is 16.9. The predicted molar refractivity (Wildman–Crippen MR) is 103 cm³/mol. The minimum absolute atomic E-state index is 0.0380. The molecule has 2 aromatic rings. The Morgan fingerprint density at radius 2 is 1.79 bits per heavy atom. The normalized spacial score (nSPS) is 11.6. The molecular weight excluding hydrogens is 388 g/mol. The molecule has 0 aliphatic heterocycles. The molecule has 0 aliphatic rings. The molecule has 2 rings (SSSR count). The number of nitrogens with two attached hydrogens (primary N) is 1. The number of aromatic nitrogens is 1. The fourth-order valence-corrected chi connectivity index (χ4v) is 2.95. The van der Waals surface area contributed by atoms with Crippen LogP contribution in [0.3, 0.4) is 0 Å². The van der Waals surface area contributed by atoms with Crippen molar-refractivity contribution in [1.29, 1.82) is 0 Å². The van der Waals surface area contributed by atoms with E-state index < -0.39 is 23.8 Å². The van der Waals surface area contributed by atoms with E-state index in [2.05, 4.69) is 4.98 Å². The fraction of sp³-hybridized carbons (Fsp3) is 0.316. The van der Waals surface area contributed by atoms with Gasteiger partial charge >= 0.3 is 11.9 Å². The van der Waals surface area contributed by atoms with Crippen molar-refractivity contribution in [2.75, 3.05) is 20.0 Å². The summed E-state index contributed by atoms with van der Waals surface area (Å²) in [7, 11) is 2.62. The highest BCUT2D eigenvalue weighted by molar-refractivity contribution is 6.33. The summed E-state index contributed by atoms with van der Waals surface area (Å²) in [6, 6.07) is 2.71. The van der Waals surface area contributed by atoms with Gasteiger partial charge < -0.3 is 24.9 Å². The Bertz CT molecular complexity index is 950. The molecule has 1 aromatic carbocycles. The van der Waals surface area contributed by atoms with Crippen molar-refractivity contribution in [3.8, 4) is 5.75 Å². The molecule has 0 unspecified atom stereocenters. The first-order valence-electron chi connectivity index (χ1n) is 8.28. The lowest BCUT2D eigenvalue weighted by atomic mass is 10.1. The van der Waals surface area contributed by atoms with E-state index in [1.54, 1.807) is 13.8 Å². The van der Waals surface area contributed by atoms with Gasteiger partial charge in [-0.15, -0.1) is 0 Å². The van der Waals surface area contributed by atoms with Crippen LogP contribution in [0, 0.1) is 13.8 Å². The van der Waals surface area contributed by atoms with Crippen molar-refractivity contribution in [3.05, 3.63) is 45.2 Å². The molecule has 3 N–H and O–H groups in total. The molecule has 0 amide bonds. The van der Waals surface area contributed by atoms with Crippen LogP contribution in [0.4, 0.5) is 5.69 Å². The predicted octanol–water partition coefficient (Wildman–Crippen LogP) is 3.09. The van der Waals surface area contributed by atoms with E-state index in [-0.39, 0.29) is 33.3 Å². The number of ketones is 1. The van der Waals surface area contributed by atoms with Gasteiger partial charge in [0.15, 0.2) is 6.10 Å². The molecule has 0 saturated carbocycles. The van der Waals surface area contributed by atoms with Gasteiger partial charge in [-0.2, -0.15) is 0 Å². The Hall–Kier alpha value is -3.00. The number of benzene rings is 1. The molecule has 1 heterocycles. The average molecular weight is 409 g/mol. The minimum atomic E-state index is -1.13. The number of halogens is 1. The maximum atomic E-state index is 12.7. The molecule has 0 bridgehead atoms. The van der Waals surface area contributed by atoms with Crippen molar-refractivity contribution in [1.82, 2.24) is 4.98 Å². The molecule has 150 valence electrons. The van der Waals surface area contributed by atoms with E-state index in [4.69, 9.17) is 31.5 Å². The Morgan fingerprint density at radius 1 is 1.14 bits per heavy atom. The number of methoxy groups -OCH3 is 2. The van der Waals surface area contributed by atoms with Crippen LogP contribution in [0.15, 0.2) is 12.1 Å². The van der Waals surface area contributed by atoms with Crippen molar-refractivity contribution in [3.63, 3.8) is 0 Å². The highest BCUT2D eigenvalue weighted by Crippen LogP contribution is 2.30. The SMILES string of the molecule is COC(=O)c1c(C)[nH]c(C(=O)[C@@H](C)OC(=O)c2cc(Cl)c(N)cc2OC)c1C. The van der Waals surface area contributed by atoms with E-state index in [0.29, 0.717) is 11.3 Å². The minimum Gasteiger partial charge on any atom is -0.496 e. The van der Waals surface area contributed by atoms with Gasteiger partial charge in [0, 0.05) is 11.8 Å². The fourth-order valence-electron chi connectivity index (χ4n) is 2.78. The second-order valence-corrected chi connectivity index (χ2v) is 6.51. The van der Waals surface area contributed by atoms with Crippen LogP contribution in [-0.2, 0) is 9.47 Å². The summed E-state index contributed by atoms with van der Waals surface area (Å²) in [6.07, 6.45) is -1.13. The highest BCUT2D eigenvalue weighted by Gasteiger charge is 2.28. The Labute approximate surface area is 166 Å². The second-order valence-electron chi connectivity index (χ2n) is 6.10. The van der Waals surface area contributed by atoms with Crippen LogP contribution in [0.1, 0.15) is 49.4 Å². The first kappa shape index (κ1) is 21.3. The number of Topliss-reactive ketones (excluding diaryl/α,β-unsaturated/α-hetero) is 1. The van der Waals surface area contributed by atoms with Crippen molar-refractivity contribution >= 4 is 35.0 Å². The number of carbonyl (C=O) groups excluding carboxylic acids is 3. The number of anilines is 1. The lowest BCUT2D eigenvalue weighted by molar-refractivity contribution is 0.0314. The maximum Gasteiger partial charge on any atom is 0.342 e. The van der Waals surface area contributed by atoms with Crippen molar-refractivity contribution < 1.29 is 28.6 Å². The van der Waals surface area contributed by atoms with Crippen LogP contribution in [0.5, 0.6) is 5.75 Å². The Morgan fingerprint density at radius 3 is 2.36 bits per heavy atom. The van der Waals surface area contributed by atoms with E-state index in [1.165, 1.54) is 33.3 Å². The van der Waals surface area contributed by atoms with Gasteiger partial charge in [-0.05, 0) is 32.4 Å². The molecule has 9 heteroatoms. The monoisotopic (exact) mass is 408 g/mol. The lowest BCUT2D eigenvalue weighted by Crippen LogP contribution is -2.25. The smallest absolute Gasteiger partial charge is 0.342 e. The molecule has 0 saturated heterocycles. The summed E-state index contributed by atoms with van der Waals surface area (Å²) in [4.78, 5) is 40.0. The molecule has 1 aromatic heterocycles. The third-order valence-electron chi connectivity index (χ3n) is 4.27. The number of nitrogen functional groups attached to an aromatic ring is 1. The van der Waals surface area contributed by atoms with Crippen LogP contribution in [-0.4, -0.2) is 43.0 Å². The largest absolute Gasteiger partial charge is 0.496 e. The first-order valence-corrected chi connectivity index (χ1v) is 8.65. The van der Waals surface area contributed by atoms with E-state index in [9.17, 15) is 14.4 Å². The summed E-state index contributed by atoms with van der Waals surface area (Å²) in [5, 5.41) is 0.158. The number of rotatable bonds is 6. The molecule has 0 fully saturated rings. The van der Waals surface area contributed by atoms with Gasteiger partial charge in [0.2, 0.25) is 5.78 Å². The third kappa shape index (κ3) is 3.96. The summed E-state index contributed by atoms with van der Waals surface area (Å²) >= 11 is 5.96.